The third kappa shape index (κ3) is 27.9. The highest BCUT2D eigenvalue weighted by Gasteiger charge is 2.37. The zero-order valence-corrected chi connectivity index (χ0v) is 42.4. The van der Waals surface area contributed by atoms with Gasteiger partial charge in [-0.1, -0.05) is 0 Å². The number of carbonyl (C=O) groups is 11. The lowest BCUT2D eigenvalue weighted by atomic mass is 10.0. The molecule has 11 atom stereocenters. The number of amides is 10. The Bertz CT molecular complexity index is 1920. The second kappa shape index (κ2) is 37.0. The number of unbranched alkanes of at least 4 members (excludes halogenated alkanes) is 3. The van der Waals surface area contributed by atoms with E-state index in [9.17, 15) is 73.2 Å². The van der Waals surface area contributed by atoms with Crippen LogP contribution in [-0.2, 0) is 52.7 Å². The lowest BCUT2D eigenvalue weighted by Crippen LogP contribution is -2.63. The van der Waals surface area contributed by atoms with Crippen LogP contribution in [0.3, 0.4) is 0 Å². The van der Waals surface area contributed by atoms with Crippen molar-refractivity contribution in [1.29, 1.82) is 0 Å². The molecule has 0 aliphatic rings. The number of carbonyl (C=O) groups excluding carboxylic acids is 10. The van der Waals surface area contributed by atoms with Crippen LogP contribution in [0.15, 0.2) is 4.99 Å². The number of aliphatic imine (C=N–C) groups is 1. The van der Waals surface area contributed by atoms with E-state index in [4.69, 9.17) is 45.9 Å². The monoisotopic (exact) mass is 1080 g/mol. The Labute approximate surface area is 433 Å². The molecule has 0 saturated heterocycles. The number of nitrogens with one attached hydrogen (secondary N) is 8. The Morgan fingerprint density at radius 3 is 1.15 bits per heavy atom. The highest BCUT2D eigenvalue weighted by atomic mass is 16.4. The van der Waals surface area contributed by atoms with Gasteiger partial charge in [0, 0.05) is 6.54 Å². The van der Waals surface area contributed by atoms with Crippen LogP contribution >= 0.6 is 0 Å². The first-order valence-corrected chi connectivity index (χ1v) is 24.3. The minimum Gasteiger partial charge on any atom is -0.480 e. The lowest BCUT2D eigenvalue weighted by molar-refractivity contribution is -0.143. The summed E-state index contributed by atoms with van der Waals surface area (Å²) in [7, 11) is 0. The topological polar surface area (TPSA) is 585 Å². The van der Waals surface area contributed by atoms with E-state index in [1.54, 1.807) is 0 Å². The maximum atomic E-state index is 13.9. The lowest BCUT2D eigenvalue weighted by Gasteiger charge is -2.28. The number of guanidine groups is 1. The largest absolute Gasteiger partial charge is 0.480 e. The summed E-state index contributed by atoms with van der Waals surface area (Å²) < 4.78 is 0. The number of aliphatic carboxylic acids is 1. The van der Waals surface area contributed by atoms with Crippen molar-refractivity contribution in [3.05, 3.63) is 0 Å². The molecule has 428 valence electrons. The maximum absolute atomic E-state index is 13.9. The average molecular weight is 1080 g/mol. The molecule has 0 radical (unpaired) electrons. The van der Waals surface area contributed by atoms with Gasteiger partial charge in [-0.25, -0.2) is 4.79 Å². The van der Waals surface area contributed by atoms with Gasteiger partial charge < -0.3 is 109 Å². The summed E-state index contributed by atoms with van der Waals surface area (Å²) in [5.74, 6) is -12.8. The van der Waals surface area contributed by atoms with E-state index in [1.807, 2.05) is 0 Å². The Morgan fingerprint density at radius 1 is 0.440 bits per heavy atom. The number of rotatable bonds is 40. The van der Waals surface area contributed by atoms with Gasteiger partial charge >= 0.3 is 5.97 Å². The van der Waals surface area contributed by atoms with E-state index in [1.165, 1.54) is 0 Å². The second-order valence-corrected chi connectivity index (χ2v) is 17.6. The summed E-state index contributed by atoms with van der Waals surface area (Å²) in [5.41, 5.74) is 44.0. The van der Waals surface area contributed by atoms with Gasteiger partial charge in [0.1, 0.15) is 48.3 Å². The summed E-state index contributed by atoms with van der Waals surface area (Å²) in [5, 5.41) is 58.9. The molecule has 11 unspecified atom stereocenters. The molecule has 0 aliphatic heterocycles. The van der Waals surface area contributed by atoms with E-state index >= 15 is 0 Å². The van der Waals surface area contributed by atoms with Crippen LogP contribution in [0.25, 0.3) is 0 Å². The maximum Gasteiger partial charge on any atom is 0.326 e. The Balaban J connectivity index is 6.41. The van der Waals surface area contributed by atoms with Crippen LogP contribution in [0, 0.1) is 0 Å². The van der Waals surface area contributed by atoms with E-state index < -0.39 is 151 Å². The summed E-state index contributed by atoms with van der Waals surface area (Å²) in [4.78, 5) is 147. The van der Waals surface area contributed by atoms with E-state index in [0.29, 0.717) is 38.5 Å². The van der Waals surface area contributed by atoms with Gasteiger partial charge in [-0.2, -0.15) is 0 Å². The predicted octanol–water partition coefficient (Wildman–Crippen LogP) is -9.78. The number of aliphatic hydroxyl groups is 3. The fourth-order valence-electron chi connectivity index (χ4n) is 6.88. The summed E-state index contributed by atoms with van der Waals surface area (Å²) in [6, 6.07) is -14.8. The number of hydrogen-bond acceptors (Lipinski definition) is 19. The van der Waals surface area contributed by atoms with Crippen molar-refractivity contribution >= 4 is 71.0 Å². The van der Waals surface area contributed by atoms with Crippen LogP contribution in [0.2, 0.25) is 0 Å². The molecule has 0 fully saturated rings. The number of carboxylic acids is 1. The molecule has 32 nitrogen and oxygen atoms in total. The summed E-state index contributed by atoms with van der Waals surface area (Å²) in [6.45, 7) is 1.81. The zero-order valence-electron chi connectivity index (χ0n) is 42.4. The number of nitrogens with two attached hydrogens (primary N) is 8. The van der Waals surface area contributed by atoms with Crippen molar-refractivity contribution in [1.82, 2.24) is 42.5 Å². The molecular weight excluding hydrogens is 995 g/mol. The average Bonchev–Trinajstić information content (AvgIpc) is 3.32. The molecular formula is C43H81N17O15. The van der Waals surface area contributed by atoms with Gasteiger partial charge in [0.25, 0.3) is 0 Å². The van der Waals surface area contributed by atoms with Crippen molar-refractivity contribution in [3.63, 3.8) is 0 Å². The van der Waals surface area contributed by atoms with Crippen molar-refractivity contribution in [3.8, 4) is 0 Å². The summed E-state index contributed by atoms with van der Waals surface area (Å²) in [6.07, 6.45) is -2.87. The highest BCUT2D eigenvalue weighted by Crippen LogP contribution is 2.09. The van der Waals surface area contributed by atoms with Gasteiger partial charge in [0.05, 0.1) is 37.7 Å². The van der Waals surface area contributed by atoms with E-state index in [2.05, 4.69) is 47.5 Å². The molecule has 0 rings (SSSR count). The molecule has 0 spiro atoms. The summed E-state index contributed by atoms with van der Waals surface area (Å²) >= 11 is 0. The number of primary amides is 2. The number of aliphatic hydroxyl groups excluding tert-OH is 3. The molecule has 10 amide bonds. The molecule has 75 heavy (non-hydrogen) atoms. The van der Waals surface area contributed by atoms with Crippen LogP contribution in [-0.4, -0.2) is 191 Å². The van der Waals surface area contributed by atoms with Gasteiger partial charge in [-0.05, 0) is 104 Å². The second-order valence-electron chi connectivity index (χ2n) is 17.6. The first-order valence-electron chi connectivity index (χ1n) is 24.3. The molecule has 0 aliphatic carbocycles. The molecule has 0 heterocycles. The van der Waals surface area contributed by atoms with Gasteiger partial charge in [0.2, 0.25) is 59.1 Å². The molecule has 28 N–H and O–H groups in total. The van der Waals surface area contributed by atoms with E-state index in [-0.39, 0.29) is 64.2 Å². The van der Waals surface area contributed by atoms with Crippen LogP contribution in [0.5, 0.6) is 0 Å². The minimum absolute atomic E-state index is 0.0416. The van der Waals surface area contributed by atoms with Gasteiger partial charge in [-0.3, -0.25) is 52.9 Å². The van der Waals surface area contributed by atoms with Crippen molar-refractivity contribution in [2.24, 2.45) is 50.9 Å². The molecule has 0 aromatic carbocycles. The Kier molecular flexibility index (Phi) is 33.6. The van der Waals surface area contributed by atoms with Crippen LogP contribution in [0.1, 0.15) is 97.3 Å². The van der Waals surface area contributed by atoms with Crippen molar-refractivity contribution in [2.75, 3.05) is 32.8 Å². The normalized spacial score (nSPS) is 15.4. The number of hydrogen-bond donors (Lipinski definition) is 20. The van der Waals surface area contributed by atoms with Gasteiger partial charge in [-0.15, -0.1) is 0 Å². The van der Waals surface area contributed by atoms with Crippen molar-refractivity contribution in [2.45, 2.75) is 164 Å². The van der Waals surface area contributed by atoms with Crippen molar-refractivity contribution < 1.29 is 73.2 Å². The van der Waals surface area contributed by atoms with Crippen LogP contribution in [0.4, 0.5) is 0 Å². The fourth-order valence-corrected chi connectivity index (χ4v) is 6.88. The fraction of sp³-hybridized carbons (Fsp3) is 0.721. The predicted molar refractivity (Wildman–Crippen MR) is 268 cm³/mol. The molecule has 0 aromatic heterocycles. The molecule has 0 bridgehead atoms. The zero-order chi connectivity index (χ0) is 57.4. The molecule has 0 saturated carbocycles. The van der Waals surface area contributed by atoms with Gasteiger partial charge in [0.15, 0.2) is 5.96 Å². The molecule has 32 heteroatoms. The highest BCUT2D eigenvalue weighted by molar-refractivity contribution is 5.99. The quantitative estimate of drug-likeness (QED) is 0.0154. The minimum atomic E-state index is -1.99. The number of nitrogens with zero attached hydrogens (tertiary/aromatic N) is 1. The van der Waals surface area contributed by atoms with Crippen LogP contribution < -0.4 is 88.4 Å². The standard InChI is InChI=1S/C43H81N17O15/c1-21(62)32(59-36(68)25(12-4-7-15-45)53-34(66)23(47)10-9-17-52-43(50)51)40(72)54-24(11-3-6-14-44)35(67)56-27(18-30(48)64)38(70)58-29(20-61)39(71)60-33(22(2)63)41(73)57-28(19-31(49)65)37(69)55-26(42(74)75)13-5-8-16-46/h21-29,32-33,61-63H,3-20,44-47H2,1-2H3,(H2,48,64)(H2,49,65)(H,53,66)(H,54,72)(H,55,69)(H,56,67)(H,57,73)(H,58,70)(H,59,68)(H,60,71)(H,74,75)(H4,50,51,52). The van der Waals surface area contributed by atoms with E-state index in [0.717, 1.165) is 13.8 Å². The first-order chi connectivity index (χ1) is 35.2. The Morgan fingerprint density at radius 2 is 0.773 bits per heavy atom. The Hall–Kier alpha value is -6.84. The molecule has 0 aromatic rings. The smallest absolute Gasteiger partial charge is 0.326 e. The first kappa shape index (κ1) is 68.2. The SMILES string of the molecule is CC(O)C(NC(=O)C(CO)NC(=O)C(CC(N)=O)NC(=O)C(CCCCN)NC(=O)C(NC(=O)C(CCCCN)NC(=O)C(N)CCCN=C(N)N)C(C)O)C(=O)NC(CC(N)=O)C(=O)NC(CCCCN)C(=O)O. The third-order valence-electron chi connectivity index (χ3n) is 11.0. The third-order valence-corrected chi connectivity index (χ3v) is 11.0. The number of carboxylic acid groups (broad SMARTS) is 1.